The van der Waals surface area contributed by atoms with Crippen LogP contribution >= 0.6 is 11.3 Å². The van der Waals surface area contributed by atoms with Crippen molar-refractivity contribution in [2.75, 3.05) is 13.2 Å². The van der Waals surface area contributed by atoms with E-state index in [1.165, 1.54) is 11.3 Å². The first-order chi connectivity index (χ1) is 16.0. The third kappa shape index (κ3) is 4.68. The summed E-state index contributed by atoms with van der Waals surface area (Å²) in [6, 6.07) is 16.6. The van der Waals surface area contributed by atoms with Crippen LogP contribution in [-0.4, -0.2) is 45.4 Å². The van der Waals surface area contributed by atoms with Crippen molar-refractivity contribution in [3.05, 3.63) is 65.7 Å². The minimum absolute atomic E-state index is 0.304. The standard InChI is InChI=1S/C24H22N4O4S/c1-4-31-23(29)17-10-6-8-15(12-17)20-14-19(22-25-26-27-28(22)3)21(33-20)16-9-7-11-18(13-16)24(30)32-5-2/h6-14H,4-5H2,1-3H3. The number of ether oxygens (including phenoxy) is 2. The highest BCUT2D eigenvalue weighted by Gasteiger charge is 2.20. The van der Waals surface area contributed by atoms with E-state index in [4.69, 9.17) is 9.47 Å². The Morgan fingerprint density at radius 1 is 0.909 bits per heavy atom. The summed E-state index contributed by atoms with van der Waals surface area (Å²) >= 11 is 1.53. The maximum atomic E-state index is 12.3. The average Bonchev–Trinajstić information content (AvgIpc) is 3.46. The monoisotopic (exact) mass is 462 g/mol. The number of hydrogen-bond donors (Lipinski definition) is 0. The molecule has 0 aliphatic heterocycles. The van der Waals surface area contributed by atoms with Crippen molar-refractivity contribution >= 4 is 23.3 Å². The Hall–Kier alpha value is -3.85. The number of carbonyl (C=O) groups excluding carboxylic acids is 2. The second-order valence-electron chi connectivity index (χ2n) is 7.08. The van der Waals surface area contributed by atoms with Crippen LogP contribution in [0, 0.1) is 0 Å². The van der Waals surface area contributed by atoms with E-state index in [-0.39, 0.29) is 11.9 Å². The number of carbonyl (C=O) groups is 2. The molecule has 4 rings (SSSR count). The molecule has 9 heteroatoms. The predicted molar refractivity (Wildman–Crippen MR) is 125 cm³/mol. The lowest BCUT2D eigenvalue weighted by atomic mass is 10.0. The van der Waals surface area contributed by atoms with E-state index in [9.17, 15) is 9.59 Å². The van der Waals surface area contributed by atoms with Crippen molar-refractivity contribution in [2.45, 2.75) is 13.8 Å². The number of tetrazole rings is 1. The molecule has 0 bridgehead atoms. The van der Waals surface area contributed by atoms with Gasteiger partial charge in [0.2, 0.25) is 0 Å². The fourth-order valence-corrected chi connectivity index (χ4v) is 4.53. The molecule has 2 aromatic carbocycles. The fourth-order valence-electron chi connectivity index (χ4n) is 3.39. The topological polar surface area (TPSA) is 96.2 Å². The first kappa shape index (κ1) is 22.3. The molecule has 4 aromatic rings. The zero-order valence-electron chi connectivity index (χ0n) is 18.4. The molecule has 0 amide bonds. The van der Waals surface area contributed by atoms with Crippen LogP contribution in [0.2, 0.25) is 0 Å². The van der Waals surface area contributed by atoms with Crippen molar-refractivity contribution in [2.24, 2.45) is 7.05 Å². The summed E-state index contributed by atoms with van der Waals surface area (Å²) in [5, 5.41) is 11.9. The van der Waals surface area contributed by atoms with E-state index >= 15 is 0 Å². The molecule has 168 valence electrons. The summed E-state index contributed by atoms with van der Waals surface area (Å²) in [5.41, 5.74) is 3.49. The second-order valence-corrected chi connectivity index (χ2v) is 8.13. The molecule has 0 aliphatic carbocycles. The largest absolute Gasteiger partial charge is 0.462 e. The van der Waals surface area contributed by atoms with Gasteiger partial charge in [0.25, 0.3) is 0 Å². The summed E-state index contributed by atoms with van der Waals surface area (Å²) < 4.78 is 11.9. The Labute approximate surface area is 194 Å². The van der Waals surface area contributed by atoms with Crippen LogP contribution in [0.25, 0.3) is 32.3 Å². The highest BCUT2D eigenvalue weighted by atomic mass is 32.1. The lowest BCUT2D eigenvalue weighted by Crippen LogP contribution is -2.04. The van der Waals surface area contributed by atoms with Crippen LogP contribution in [0.5, 0.6) is 0 Å². The van der Waals surface area contributed by atoms with Gasteiger partial charge >= 0.3 is 11.9 Å². The molecule has 0 aliphatic rings. The van der Waals surface area contributed by atoms with Crippen LogP contribution in [0.1, 0.15) is 34.6 Å². The molecule has 0 saturated heterocycles. The summed E-state index contributed by atoms with van der Waals surface area (Å²) in [5.74, 6) is -0.147. The maximum absolute atomic E-state index is 12.3. The number of aryl methyl sites for hydroxylation is 1. The van der Waals surface area contributed by atoms with Gasteiger partial charge in [-0.05, 0) is 65.7 Å². The number of rotatable bonds is 7. The van der Waals surface area contributed by atoms with Crippen molar-refractivity contribution in [1.29, 1.82) is 0 Å². The molecular weight excluding hydrogens is 440 g/mol. The molecule has 8 nitrogen and oxygen atoms in total. The lowest BCUT2D eigenvalue weighted by Gasteiger charge is -2.06. The van der Waals surface area contributed by atoms with Crippen molar-refractivity contribution < 1.29 is 19.1 Å². The first-order valence-electron chi connectivity index (χ1n) is 10.4. The molecule has 33 heavy (non-hydrogen) atoms. The molecule has 2 aromatic heterocycles. The summed E-state index contributed by atoms with van der Waals surface area (Å²) in [4.78, 5) is 26.3. The van der Waals surface area contributed by atoms with Crippen molar-refractivity contribution in [3.63, 3.8) is 0 Å². The first-order valence-corrected chi connectivity index (χ1v) is 11.2. The van der Waals surface area contributed by atoms with Gasteiger partial charge in [0.15, 0.2) is 5.82 Å². The minimum Gasteiger partial charge on any atom is -0.462 e. The molecule has 0 unspecified atom stereocenters. The molecule has 0 saturated carbocycles. The Kier molecular flexibility index (Phi) is 6.60. The van der Waals surface area contributed by atoms with Crippen molar-refractivity contribution in [3.8, 4) is 32.3 Å². The quantitative estimate of drug-likeness (QED) is 0.370. The molecule has 0 radical (unpaired) electrons. The van der Waals surface area contributed by atoms with Crippen LogP contribution in [-0.2, 0) is 16.5 Å². The molecular formula is C24H22N4O4S. The summed E-state index contributed by atoms with van der Waals surface area (Å²) in [7, 11) is 1.77. The van der Waals surface area contributed by atoms with Gasteiger partial charge in [-0.1, -0.05) is 24.3 Å². The van der Waals surface area contributed by atoms with Gasteiger partial charge in [-0.25, -0.2) is 14.3 Å². The van der Waals surface area contributed by atoms with Crippen LogP contribution in [0.4, 0.5) is 0 Å². The van der Waals surface area contributed by atoms with Gasteiger partial charge in [0.05, 0.1) is 24.3 Å². The Morgan fingerprint density at radius 2 is 1.52 bits per heavy atom. The van der Waals surface area contributed by atoms with E-state index in [1.54, 1.807) is 49.8 Å². The number of nitrogens with zero attached hydrogens (tertiary/aromatic N) is 4. The van der Waals surface area contributed by atoms with Gasteiger partial charge in [-0.3, -0.25) is 0 Å². The smallest absolute Gasteiger partial charge is 0.338 e. The van der Waals surface area contributed by atoms with Gasteiger partial charge in [0.1, 0.15) is 0 Å². The van der Waals surface area contributed by atoms with E-state index in [1.807, 2.05) is 30.3 Å². The number of thiophene rings is 1. The number of esters is 2. The zero-order chi connectivity index (χ0) is 23.4. The highest BCUT2D eigenvalue weighted by Crippen LogP contribution is 2.43. The lowest BCUT2D eigenvalue weighted by molar-refractivity contribution is 0.0517. The summed E-state index contributed by atoms with van der Waals surface area (Å²) in [6.45, 7) is 4.17. The normalized spacial score (nSPS) is 10.8. The van der Waals surface area contributed by atoms with E-state index < -0.39 is 0 Å². The van der Waals surface area contributed by atoms with Gasteiger partial charge in [0, 0.05) is 22.4 Å². The zero-order valence-corrected chi connectivity index (χ0v) is 19.3. The van der Waals surface area contributed by atoms with Gasteiger partial charge in [-0.2, -0.15) is 0 Å². The molecule has 0 fully saturated rings. The van der Waals surface area contributed by atoms with Crippen LogP contribution in [0.15, 0.2) is 54.6 Å². The van der Waals surface area contributed by atoms with Gasteiger partial charge < -0.3 is 9.47 Å². The van der Waals surface area contributed by atoms with Crippen molar-refractivity contribution in [1.82, 2.24) is 20.2 Å². The van der Waals surface area contributed by atoms with Crippen LogP contribution in [0.3, 0.4) is 0 Å². The Bertz CT molecular complexity index is 1310. The van der Waals surface area contributed by atoms with E-state index in [0.29, 0.717) is 30.2 Å². The SMILES string of the molecule is CCOC(=O)c1cccc(-c2cc(-c3nnnn3C)c(-c3cccc(C(=O)OCC)c3)s2)c1. The third-order valence-electron chi connectivity index (χ3n) is 4.89. The third-order valence-corrected chi connectivity index (χ3v) is 6.12. The number of hydrogen-bond acceptors (Lipinski definition) is 8. The highest BCUT2D eigenvalue weighted by molar-refractivity contribution is 7.19. The van der Waals surface area contributed by atoms with Gasteiger partial charge in [-0.15, -0.1) is 16.4 Å². The van der Waals surface area contributed by atoms with Crippen LogP contribution < -0.4 is 0 Å². The molecule has 0 spiro atoms. The van der Waals surface area contributed by atoms with E-state index in [2.05, 4.69) is 15.5 Å². The Morgan fingerprint density at radius 3 is 2.09 bits per heavy atom. The van der Waals surface area contributed by atoms with E-state index in [0.717, 1.165) is 26.4 Å². The Balaban J connectivity index is 1.83. The maximum Gasteiger partial charge on any atom is 0.338 e. The number of aromatic nitrogens is 4. The fraction of sp³-hybridized carbons (Fsp3) is 0.208. The average molecular weight is 463 g/mol. The molecule has 0 atom stereocenters. The predicted octanol–water partition coefficient (Wildman–Crippen LogP) is 4.63. The summed E-state index contributed by atoms with van der Waals surface area (Å²) in [6.07, 6.45) is 0. The number of benzene rings is 2. The molecule has 2 heterocycles. The minimum atomic E-state index is -0.375. The second kappa shape index (κ2) is 9.74. The molecule has 0 N–H and O–H groups in total.